The third-order valence-electron chi connectivity index (χ3n) is 1.69. The number of ether oxygens (including phenoxy) is 1. The van der Waals surface area contributed by atoms with E-state index in [-0.39, 0.29) is 17.6 Å². The Balaban J connectivity index is 2.59. The van der Waals surface area contributed by atoms with Gasteiger partial charge in [0, 0.05) is 17.0 Å². The van der Waals surface area contributed by atoms with Gasteiger partial charge in [0.05, 0.1) is 0 Å². The number of esters is 1. The molecule has 0 atom stereocenters. The molecule has 0 aliphatic carbocycles. The Morgan fingerprint density at radius 1 is 1.50 bits per heavy atom. The lowest BCUT2D eigenvalue weighted by Crippen LogP contribution is -2.01. The van der Waals surface area contributed by atoms with Gasteiger partial charge >= 0.3 is 5.97 Å². The van der Waals surface area contributed by atoms with Gasteiger partial charge in [-0.1, -0.05) is 30.4 Å². The third-order valence-corrected chi connectivity index (χ3v) is 1.91. The molecule has 16 heavy (non-hydrogen) atoms. The highest BCUT2D eigenvalue weighted by Crippen LogP contribution is 2.12. The minimum atomic E-state index is -0.442. The minimum Gasteiger partial charge on any atom is -0.452 e. The van der Waals surface area contributed by atoms with Gasteiger partial charge in [0.2, 0.25) is 0 Å². The zero-order chi connectivity index (χ0) is 12.0. The van der Waals surface area contributed by atoms with Crippen LogP contribution in [0, 0.1) is 17.7 Å². The van der Waals surface area contributed by atoms with E-state index in [0.717, 1.165) is 0 Å². The first kappa shape index (κ1) is 12.5. The number of carbonyl (C=O) groups excluding carboxylic acids is 1. The maximum atomic E-state index is 12.9. The maximum absolute atomic E-state index is 12.9. The Morgan fingerprint density at radius 2 is 2.25 bits per heavy atom. The van der Waals surface area contributed by atoms with Crippen molar-refractivity contribution in [2.75, 3.05) is 6.61 Å². The Kier molecular flexibility index (Phi) is 4.81. The summed E-state index contributed by atoms with van der Waals surface area (Å²) in [5, 5.41) is 0.287. The van der Waals surface area contributed by atoms with Crippen molar-refractivity contribution in [3.8, 4) is 11.8 Å². The van der Waals surface area contributed by atoms with E-state index >= 15 is 0 Å². The fourth-order valence-corrected chi connectivity index (χ4v) is 1.20. The summed E-state index contributed by atoms with van der Waals surface area (Å²) >= 11 is 5.64. The van der Waals surface area contributed by atoms with E-state index in [1.54, 1.807) is 13.0 Å². The summed E-state index contributed by atoms with van der Waals surface area (Å²) in [7, 11) is 0. The van der Waals surface area contributed by atoms with Crippen LogP contribution in [0.15, 0.2) is 18.2 Å². The van der Waals surface area contributed by atoms with Gasteiger partial charge in [-0.05, 0) is 18.2 Å². The van der Waals surface area contributed by atoms with Crippen molar-refractivity contribution in [1.29, 1.82) is 0 Å². The van der Waals surface area contributed by atoms with Crippen LogP contribution in [0.2, 0.25) is 5.02 Å². The number of hydrogen-bond acceptors (Lipinski definition) is 2. The van der Waals surface area contributed by atoms with Crippen LogP contribution >= 0.6 is 11.6 Å². The molecule has 0 heterocycles. The molecule has 0 N–H and O–H groups in total. The highest BCUT2D eigenvalue weighted by molar-refractivity contribution is 6.30. The van der Waals surface area contributed by atoms with Crippen molar-refractivity contribution in [3.63, 3.8) is 0 Å². The number of rotatable bonds is 2. The monoisotopic (exact) mass is 240 g/mol. The summed E-state index contributed by atoms with van der Waals surface area (Å²) in [6.45, 7) is 1.70. The first-order valence-corrected chi connectivity index (χ1v) is 5.10. The lowest BCUT2D eigenvalue weighted by molar-refractivity contribution is -0.141. The van der Waals surface area contributed by atoms with Crippen LogP contribution in [0.4, 0.5) is 4.39 Å². The first-order chi connectivity index (χ1) is 7.61. The molecule has 0 aliphatic heterocycles. The predicted molar refractivity (Wildman–Crippen MR) is 59.5 cm³/mol. The molecular formula is C12H10ClFO2. The van der Waals surface area contributed by atoms with E-state index in [2.05, 4.69) is 11.8 Å². The van der Waals surface area contributed by atoms with Gasteiger partial charge in [0.1, 0.15) is 5.82 Å². The Morgan fingerprint density at radius 3 is 2.88 bits per heavy atom. The van der Waals surface area contributed by atoms with Crippen LogP contribution in [0.1, 0.15) is 18.9 Å². The number of benzene rings is 1. The summed E-state index contributed by atoms with van der Waals surface area (Å²) in [6.07, 6.45) is 0.313. The zero-order valence-electron chi connectivity index (χ0n) is 8.72. The number of halogens is 2. The molecule has 0 spiro atoms. The zero-order valence-corrected chi connectivity index (χ0v) is 9.47. The van der Waals surface area contributed by atoms with E-state index in [4.69, 9.17) is 16.3 Å². The second-order valence-electron chi connectivity index (χ2n) is 2.97. The summed E-state index contributed by atoms with van der Waals surface area (Å²) in [6, 6.07) is 4.00. The van der Waals surface area contributed by atoms with Gasteiger partial charge in [0.25, 0.3) is 0 Å². The molecular weight excluding hydrogens is 231 g/mol. The number of hydrogen-bond donors (Lipinski definition) is 0. The molecule has 0 saturated carbocycles. The highest BCUT2D eigenvalue weighted by Gasteiger charge is 1.96. The summed E-state index contributed by atoms with van der Waals surface area (Å²) in [5.41, 5.74) is 0.456. The number of carbonyl (C=O) groups is 1. The van der Waals surface area contributed by atoms with E-state index in [1.807, 2.05) is 0 Å². The van der Waals surface area contributed by atoms with Crippen molar-refractivity contribution in [2.24, 2.45) is 0 Å². The standard InChI is InChI=1S/C12H10ClFO2/c1-2-12(15)16-5-3-4-9-6-10(13)8-11(14)7-9/h6-8H,2,5H2,1H3. The van der Waals surface area contributed by atoms with E-state index in [1.165, 1.54) is 12.1 Å². The van der Waals surface area contributed by atoms with E-state index in [9.17, 15) is 9.18 Å². The van der Waals surface area contributed by atoms with Crippen molar-refractivity contribution in [2.45, 2.75) is 13.3 Å². The van der Waals surface area contributed by atoms with Crippen molar-refractivity contribution < 1.29 is 13.9 Å². The van der Waals surface area contributed by atoms with Crippen LogP contribution in [-0.4, -0.2) is 12.6 Å². The molecule has 0 aromatic heterocycles. The molecule has 0 amide bonds. The lowest BCUT2D eigenvalue weighted by Gasteiger charge is -1.96. The van der Waals surface area contributed by atoms with Crippen LogP contribution < -0.4 is 0 Å². The van der Waals surface area contributed by atoms with Crippen LogP contribution in [-0.2, 0) is 9.53 Å². The van der Waals surface area contributed by atoms with Gasteiger partial charge in [-0.15, -0.1) is 0 Å². The van der Waals surface area contributed by atoms with E-state index in [0.29, 0.717) is 12.0 Å². The van der Waals surface area contributed by atoms with Crippen LogP contribution in [0.3, 0.4) is 0 Å². The topological polar surface area (TPSA) is 26.3 Å². The summed E-state index contributed by atoms with van der Waals surface area (Å²) in [5.74, 6) is 4.50. The molecule has 84 valence electrons. The molecule has 0 fully saturated rings. The quantitative estimate of drug-likeness (QED) is 0.587. The van der Waals surface area contributed by atoms with Gasteiger partial charge in [-0.25, -0.2) is 4.39 Å². The van der Waals surface area contributed by atoms with Crippen molar-refractivity contribution in [3.05, 3.63) is 34.6 Å². The van der Waals surface area contributed by atoms with Crippen LogP contribution in [0.5, 0.6) is 0 Å². The molecule has 0 radical (unpaired) electrons. The molecule has 1 aromatic carbocycles. The largest absolute Gasteiger partial charge is 0.452 e. The van der Waals surface area contributed by atoms with Gasteiger partial charge in [-0.2, -0.15) is 0 Å². The second-order valence-corrected chi connectivity index (χ2v) is 3.41. The fraction of sp³-hybridized carbons (Fsp3) is 0.250. The lowest BCUT2D eigenvalue weighted by atomic mass is 10.2. The second kappa shape index (κ2) is 6.14. The van der Waals surface area contributed by atoms with Crippen molar-refractivity contribution >= 4 is 17.6 Å². The fourth-order valence-electron chi connectivity index (χ4n) is 0.983. The summed E-state index contributed by atoms with van der Waals surface area (Å²) < 4.78 is 17.6. The van der Waals surface area contributed by atoms with Gasteiger partial charge in [-0.3, -0.25) is 4.79 Å². The minimum absolute atomic E-state index is 0.000799. The molecule has 1 rings (SSSR count). The van der Waals surface area contributed by atoms with Crippen molar-refractivity contribution in [1.82, 2.24) is 0 Å². The molecule has 0 aliphatic rings. The highest BCUT2D eigenvalue weighted by atomic mass is 35.5. The van der Waals surface area contributed by atoms with Gasteiger partial charge < -0.3 is 4.74 Å². The van der Waals surface area contributed by atoms with Gasteiger partial charge in [0.15, 0.2) is 6.61 Å². The molecule has 0 unspecified atom stereocenters. The molecule has 0 bridgehead atoms. The molecule has 4 heteroatoms. The molecule has 2 nitrogen and oxygen atoms in total. The third kappa shape index (κ3) is 4.33. The molecule has 1 aromatic rings. The smallest absolute Gasteiger partial charge is 0.306 e. The molecule has 0 saturated heterocycles. The summed E-state index contributed by atoms with van der Waals surface area (Å²) in [4.78, 5) is 10.8. The SMILES string of the molecule is CCC(=O)OCC#Cc1cc(F)cc(Cl)c1. The Labute approximate surface area is 98.4 Å². The average molecular weight is 241 g/mol. The first-order valence-electron chi connectivity index (χ1n) is 4.72. The predicted octanol–water partition coefficient (Wildman–Crippen LogP) is 2.78. The van der Waals surface area contributed by atoms with E-state index < -0.39 is 5.82 Å². The Bertz CT molecular complexity index is 426. The normalized spacial score (nSPS) is 9.19. The Hall–Kier alpha value is -1.53. The maximum Gasteiger partial charge on any atom is 0.306 e. The average Bonchev–Trinajstić information content (AvgIpc) is 2.22. The van der Waals surface area contributed by atoms with Crippen LogP contribution in [0.25, 0.3) is 0 Å².